The molecule has 7 heteroatoms. The lowest BCUT2D eigenvalue weighted by Crippen LogP contribution is -2.47. The lowest BCUT2D eigenvalue weighted by atomic mass is 9.71. The minimum absolute atomic E-state index is 0.0388. The number of aliphatic hydroxyl groups excluding tert-OH is 2. The molecular formula is C31H46N2O5. The Morgan fingerprint density at radius 2 is 1.92 bits per heavy atom. The second-order valence-corrected chi connectivity index (χ2v) is 11.8. The van der Waals surface area contributed by atoms with Crippen LogP contribution in [0.3, 0.4) is 0 Å². The van der Waals surface area contributed by atoms with Crippen LogP contribution in [0.1, 0.15) is 103 Å². The van der Waals surface area contributed by atoms with Crippen molar-refractivity contribution in [3.05, 3.63) is 41.3 Å². The van der Waals surface area contributed by atoms with Gasteiger partial charge in [0.05, 0.1) is 30.1 Å². The molecule has 3 N–H and O–H groups in total. The highest BCUT2D eigenvalue weighted by Crippen LogP contribution is 2.35. The van der Waals surface area contributed by atoms with Crippen molar-refractivity contribution in [2.45, 2.75) is 111 Å². The first kappa shape index (κ1) is 30.0. The highest BCUT2D eigenvalue weighted by atomic mass is 16.3. The van der Waals surface area contributed by atoms with Crippen molar-refractivity contribution < 1.29 is 24.2 Å². The Hall–Kier alpha value is -2.51. The zero-order chi connectivity index (χ0) is 28.0. The van der Waals surface area contributed by atoms with Crippen molar-refractivity contribution in [1.29, 1.82) is 0 Å². The minimum atomic E-state index is -1.17. The van der Waals surface area contributed by atoms with Crippen molar-refractivity contribution in [2.75, 3.05) is 0 Å². The van der Waals surface area contributed by atoms with Crippen molar-refractivity contribution in [2.24, 2.45) is 17.3 Å². The molecule has 38 heavy (non-hydrogen) atoms. The lowest BCUT2D eigenvalue weighted by molar-refractivity contribution is -0.144. The van der Waals surface area contributed by atoms with Crippen LogP contribution in [-0.4, -0.2) is 39.1 Å². The Balaban J connectivity index is 1.92. The quantitative estimate of drug-likeness (QED) is 0.424. The third-order valence-corrected chi connectivity index (χ3v) is 8.24. The summed E-state index contributed by atoms with van der Waals surface area (Å²) in [4.78, 5) is 31.4. The SMILES string of the molecule is CCCC[C@H]1C(=O)C(C)(C)[C@@H](O)CC(=O)N[C@H](c2ccc3oc(C)nc3c2)C/C=C(/C)CCC[C@H](C)[C@@H]1O. The summed E-state index contributed by atoms with van der Waals surface area (Å²) < 4.78 is 5.61. The first-order valence-electron chi connectivity index (χ1n) is 14.2. The van der Waals surface area contributed by atoms with Gasteiger partial charge in [0.2, 0.25) is 5.91 Å². The molecule has 210 valence electrons. The normalized spacial score (nSPS) is 29.6. The molecule has 2 aromatic rings. The number of aryl methyl sites for hydroxylation is 1. The molecule has 7 nitrogen and oxygen atoms in total. The van der Waals surface area contributed by atoms with Crippen LogP contribution < -0.4 is 5.32 Å². The number of allylic oxidation sites excluding steroid dienone is 1. The Morgan fingerprint density at radius 3 is 2.63 bits per heavy atom. The van der Waals surface area contributed by atoms with E-state index in [9.17, 15) is 19.8 Å². The first-order chi connectivity index (χ1) is 17.9. The largest absolute Gasteiger partial charge is 0.441 e. The summed E-state index contributed by atoms with van der Waals surface area (Å²) in [5, 5.41) is 25.4. The van der Waals surface area contributed by atoms with E-state index < -0.39 is 23.5 Å². The van der Waals surface area contributed by atoms with E-state index >= 15 is 0 Å². The molecular weight excluding hydrogens is 480 g/mol. The summed E-state index contributed by atoms with van der Waals surface area (Å²) in [6.45, 7) is 11.3. The monoisotopic (exact) mass is 526 g/mol. The number of Topliss-reactive ketones (excluding diaryl/α,β-unsaturated/α-hetero) is 1. The third-order valence-electron chi connectivity index (χ3n) is 8.24. The molecule has 0 aliphatic carbocycles. The second kappa shape index (κ2) is 13.0. The van der Waals surface area contributed by atoms with E-state index in [1.54, 1.807) is 20.8 Å². The number of fused-ring (bicyclic) bond motifs is 1. The first-order valence-corrected chi connectivity index (χ1v) is 14.2. The van der Waals surface area contributed by atoms with Crippen LogP contribution in [0.15, 0.2) is 34.3 Å². The van der Waals surface area contributed by atoms with Crippen molar-refractivity contribution in [3.63, 3.8) is 0 Å². The smallest absolute Gasteiger partial charge is 0.223 e. The fraction of sp³-hybridized carbons (Fsp3) is 0.645. The number of hydrogen-bond acceptors (Lipinski definition) is 6. The predicted molar refractivity (Wildman–Crippen MR) is 149 cm³/mol. The Labute approximate surface area is 227 Å². The van der Waals surface area contributed by atoms with E-state index in [-0.39, 0.29) is 30.1 Å². The van der Waals surface area contributed by atoms with Crippen LogP contribution in [0.2, 0.25) is 0 Å². The van der Waals surface area contributed by atoms with Crippen molar-refractivity contribution >= 4 is 22.8 Å². The average Bonchev–Trinajstić information content (AvgIpc) is 3.24. The van der Waals surface area contributed by atoms with Crippen LogP contribution >= 0.6 is 0 Å². The van der Waals surface area contributed by atoms with Gasteiger partial charge in [0.1, 0.15) is 11.3 Å². The zero-order valence-electron chi connectivity index (χ0n) is 23.9. The maximum atomic E-state index is 13.7. The molecule has 0 unspecified atom stereocenters. The summed E-state index contributed by atoms with van der Waals surface area (Å²) in [6.07, 6.45) is 5.53. The molecule has 5 atom stereocenters. The van der Waals surface area contributed by atoms with Crippen LogP contribution in [0, 0.1) is 24.2 Å². The van der Waals surface area contributed by atoms with Gasteiger partial charge in [-0.05, 0) is 62.6 Å². The van der Waals surface area contributed by atoms with Gasteiger partial charge in [-0.25, -0.2) is 4.98 Å². The lowest BCUT2D eigenvalue weighted by Gasteiger charge is -2.36. The summed E-state index contributed by atoms with van der Waals surface area (Å²) in [5.74, 6) is -0.508. The molecule has 0 saturated heterocycles. The highest BCUT2D eigenvalue weighted by Gasteiger charge is 2.43. The maximum Gasteiger partial charge on any atom is 0.223 e. The van der Waals surface area contributed by atoms with Crippen molar-refractivity contribution in [1.82, 2.24) is 10.3 Å². The third kappa shape index (κ3) is 7.32. The molecule has 1 aromatic heterocycles. The number of amides is 1. The van der Waals surface area contributed by atoms with E-state index in [2.05, 4.69) is 30.2 Å². The van der Waals surface area contributed by atoms with Crippen LogP contribution in [0.4, 0.5) is 0 Å². The fourth-order valence-electron chi connectivity index (χ4n) is 5.45. The molecule has 0 radical (unpaired) electrons. The summed E-state index contributed by atoms with van der Waals surface area (Å²) >= 11 is 0. The Morgan fingerprint density at radius 1 is 1.18 bits per heavy atom. The van der Waals surface area contributed by atoms with Gasteiger partial charge in [-0.2, -0.15) is 0 Å². The highest BCUT2D eigenvalue weighted by molar-refractivity contribution is 5.88. The van der Waals surface area contributed by atoms with Gasteiger partial charge in [0.25, 0.3) is 0 Å². The van der Waals surface area contributed by atoms with Gasteiger partial charge in [-0.15, -0.1) is 0 Å². The number of nitrogens with zero attached hydrogens (tertiary/aromatic N) is 1. The second-order valence-electron chi connectivity index (χ2n) is 11.8. The number of benzene rings is 1. The number of unbranched alkanes of at least 4 members (excludes halogenated alkanes) is 1. The number of rotatable bonds is 4. The van der Waals surface area contributed by atoms with E-state index in [4.69, 9.17) is 4.42 Å². The molecule has 1 aliphatic rings. The molecule has 2 heterocycles. The molecule has 3 rings (SSSR count). The molecule has 0 fully saturated rings. The molecule has 1 aromatic carbocycles. The number of aromatic nitrogens is 1. The number of aliphatic hydroxyl groups is 2. The molecule has 0 saturated carbocycles. The molecule has 1 aliphatic heterocycles. The summed E-state index contributed by atoms with van der Waals surface area (Å²) in [7, 11) is 0. The van der Waals surface area contributed by atoms with Gasteiger partial charge in [0.15, 0.2) is 11.5 Å². The number of oxazole rings is 1. The number of nitrogens with one attached hydrogen (secondary N) is 1. The van der Waals surface area contributed by atoms with Gasteiger partial charge in [-0.3, -0.25) is 9.59 Å². The van der Waals surface area contributed by atoms with E-state index in [0.29, 0.717) is 24.3 Å². The van der Waals surface area contributed by atoms with Gasteiger partial charge >= 0.3 is 0 Å². The van der Waals surface area contributed by atoms with Gasteiger partial charge in [0, 0.05) is 12.8 Å². The number of hydrogen-bond donors (Lipinski definition) is 3. The van der Waals surface area contributed by atoms with Crippen LogP contribution in [0.25, 0.3) is 11.1 Å². The summed E-state index contributed by atoms with van der Waals surface area (Å²) in [6, 6.07) is 5.43. The molecule has 1 amide bonds. The number of ketones is 1. The summed E-state index contributed by atoms with van der Waals surface area (Å²) in [5.41, 5.74) is 2.39. The van der Waals surface area contributed by atoms with E-state index in [1.165, 1.54) is 5.57 Å². The minimum Gasteiger partial charge on any atom is -0.441 e. The Kier molecular flexibility index (Phi) is 10.3. The van der Waals surface area contributed by atoms with Crippen molar-refractivity contribution in [3.8, 4) is 0 Å². The zero-order valence-corrected chi connectivity index (χ0v) is 23.9. The van der Waals surface area contributed by atoms with Gasteiger partial charge < -0.3 is 19.9 Å². The topological polar surface area (TPSA) is 113 Å². The van der Waals surface area contributed by atoms with E-state index in [1.807, 2.05) is 25.1 Å². The predicted octanol–water partition coefficient (Wildman–Crippen LogP) is 5.96. The number of carbonyl (C=O) groups is 2. The van der Waals surface area contributed by atoms with Crippen LogP contribution in [0.5, 0.6) is 0 Å². The molecule has 0 spiro atoms. The standard InChI is InChI=1S/C31H46N2O5/c1-7-8-12-23-29(36)20(3)11-9-10-19(2)13-15-24(22-14-16-26-25(17-22)32-21(4)38-26)33-28(35)18-27(34)31(5,6)30(23)37/h13-14,16-17,20,23-24,27,29,34,36H,7-12,15,18H2,1-6H3,(H,33,35)/b19-13-/t20-,23+,24-,27-,29-/m0/s1. The van der Waals surface area contributed by atoms with Gasteiger partial charge in [-0.1, -0.05) is 58.3 Å². The fourth-order valence-corrected chi connectivity index (χ4v) is 5.45. The average molecular weight is 527 g/mol. The Bertz CT molecular complexity index is 1130. The van der Waals surface area contributed by atoms with Crippen LogP contribution in [-0.2, 0) is 9.59 Å². The number of carbonyl (C=O) groups excluding carboxylic acids is 2. The maximum absolute atomic E-state index is 13.7. The van der Waals surface area contributed by atoms with E-state index in [0.717, 1.165) is 43.2 Å². The molecule has 0 bridgehead atoms.